The van der Waals surface area contributed by atoms with Crippen LogP contribution in [0.3, 0.4) is 0 Å². The van der Waals surface area contributed by atoms with Gasteiger partial charge in [-0.3, -0.25) is 24.6 Å². The van der Waals surface area contributed by atoms with E-state index >= 15 is 0 Å². The maximum Gasteiger partial charge on any atom is 0.297 e. The van der Waals surface area contributed by atoms with E-state index in [2.05, 4.69) is 0 Å². The lowest BCUT2D eigenvalue weighted by Gasteiger charge is -2.42. The number of ketones is 1. The number of methoxy groups -OCH3 is 1. The lowest BCUT2D eigenvalue weighted by Crippen LogP contribution is -2.44. The Morgan fingerprint density at radius 1 is 1.21 bits per heavy atom. The van der Waals surface area contributed by atoms with Gasteiger partial charge < -0.3 is 4.74 Å². The molecule has 0 N–H and O–H groups in total. The van der Waals surface area contributed by atoms with E-state index < -0.39 is 28.0 Å². The highest BCUT2D eigenvalue weighted by Crippen LogP contribution is 2.50. The highest BCUT2D eigenvalue weighted by Gasteiger charge is 2.46. The lowest BCUT2D eigenvalue weighted by molar-refractivity contribution is -0.384. The number of ether oxygens (including phenoxy) is 1. The van der Waals surface area contributed by atoms with Crippen LogP contribution in [0, 0.1) is 21.3 Å². The summed E-state index contributed by atoms with van der Waals surface area (Å²) in [5, 5.41) is 12.0. The molecule has 9 heteroatoms. The van der Waals surface area contributed by atoms with Gasteiger partial charge in [-0.05, 0) is 36.1 Å². The summed E-state index contributed by atoms with van der Waals surface area (Å²) >= 11 is 6.30. The molecule has 1 unspecified atom stereocenters. The van der Waals surface area contributed by atoms with E-state index in [-0.39, 0.29) is 51.9 Å². The minimum atomic E-state index is -0.863. The van der Waals surface area contributed by atoms with Crippen molar-refractivity contribution >= 4 is 34.7 Å². The molecule has 33 heavy (non-hydrogen) atoms. The van der Waals surface area contributed by atoms with Crippen LogP contribution in [0.5, 0.6) is 5.75 Å². The van der Waals surface area contributed by atoms with Gasteiger partial charge in [0.25, 0.3) is 5.69 Å². The van der Waals surface area contributed by atoms with Crippen LogP contribution in [-0.2, 0) is 9.59 Å². The summed E-state index contributed by atoms with van der Waals surface area (Å²) in [5.74, 6) is -1.90. The van der Waals surface area contributed by atoms with Gasteiger partial charge >= 0.3 is 0 Å². The molecule has 1 atom stereocenters. The van der Waals surface area contributed by atoms with Crippen molar-refractivity contribution < 1.29 is 23.6 Å². The van der Waals surface area contributed by atoms with Crippen molar-refractivity contribution in [1.29, 1.82) is 0 Å². The van der Waals surface area contributed by atoms with E-state index in [9.17, 15) is 24.1 Å². The Bertz CT molecular complexity index is 1200. The summed E-state index contributed by atoms with van der Waals surface area (Å²) in [6.07, 6.45) is 0.279. The van der Waals surface area contributed by atoms with Crippen LogP contribution in [0.15, 0.2) is 47.7 Å². The third kappa shape index (κ3) is 3.99. The van der Waals surface area contributed by atoms with Crippen LogP contribution in [0.1, 0.15) is 44.6 Å². The monoisotopic (exact) mass is 472 g/mol. The Morgan fingerprint density at radius 3 is 2.58 bits per heavy atom. The molecule has 0 fully saturated rings. The van der Waals surface area contributed by atoms with Gasteiger partial charge in [0.05, 0.1) is 18.1 Å². The fraction of sp³-hybridized carbons (Fsp3) is 0.333. The second kappa shape index (κ2) is 8.26. The number of benzene rings is 2. The zero-order chi connectivity index (χ0) is 24.1. The molecule has 7 nitrogen and oxygen atoms in total. The number of nitro benzene ring substituents is 1. The molecule has 0 saturated heterocycles. The maximum absolute atomic E-state index is 14.8. The topological polar surface area (TPSA) is 89.8 Å². The van der Waals surface area contributed by atoms with Crippen LogP contribution in [-0.4, -0.2) is 23.7 Å². The Morgan fingerprint density at radius 2 is 1.94 bits per heavy atom. The molecule has 1 heterocycles. The predicted molar refractivity (Wildman–Crippen MR) is 121 cm³/mol. The van der Waals surface area contributed by atoms with E-state index in [0.717, 1.165) is 0 Å². The van der Waals surface area contributed by atoms with Crippen molar-refractivity contribution in [3.05, 3.63) is 74.2 Å². The number of amides is 1. The number of halogens is 2. The number of carbonyl (C=O) groups is 2. The summed E-state index contributed by atoms with van der Waals surface area (Å²) < 4.78 is 19.9. The average Bonchev–Trinajstić information content (AvgIpc) is 2.72. The van der Waals surface area contributed by atoms with Crippen molar-refractivity contribution in [2.24, 2.45) is 5.41 Å². The SMILES string of the molecule is COc1ccc(N2C(=O)CC(c3c(F)cccc3Cl)C3=C2CC(C)(C)CC3=O)c([N+](=O)[O-])c1. The van der Waals surface area contributed by atoms with E-state index in [0.29, 0.717) is 12.1 Å². The highest BCUT2D eigenvalue weighted by molar-refractivity contribution is 6.31. The van der Waals surface area contributed by atoms with E-state index in [1.54, 1.807) is 0 Å². The van der Waals surface area contributed by atoms with E-state index in [1.165, 1.54) is 48.4 Å². The number of rotatable bonds is 4. The van der Waals surface area contributed by atoms with Crippen molar-refractivity contribution in [2.45, 2.75) is 39.0 Å². The molecule has 1 aliphatic carbocycles. The highest BCUT2D eigenvalue weighted by atomic mass is 35.5. The van der Waals surface area contributed by atoms with Gasteiger partial charge in [0.15, 0.2) is 5.78 Å². The largest absolute Gasteiger partial charge is 0.496 e. The van der Waals surface area contributed by atoms with Gasteiger partial charge in [0.2, 0.25) is 5.91 Å². The summed E-state index contributed by atoms with van der Waals surface area (Å²) in [6.45, 7) is 3.78. The molecule has 172 valence electrons. The molecule has 0 bridgehead atoms. The molecular weight excluding hydrogens is 451 g/mol. The number of nitrogens with zero attached hydrogens (tertiary/aromatic N) is 2. The van der Waals surface area contributed by atoms with Crippen molar-refractivity contribution in [2.75, 3.05) is 12.0 Å². The van der Waals surface area contributed by atoms with Gasteiger partial charge in [0, 0.05) is 40.6 Å². The average molecular weight is 473 g/mol. The first-order chi connectivity index (χ1) is 15.5. The smallest absolute Gasteiger partial charge is 0.297 e. The standard InChI is InChI=1S/C24H22ClFN2O5/c1-24(2)11-19-23(20(29)12-24)14(22-15(25)5-4-6-16(22)26)10-21(30)27(19)17-8-7-13(33-3)9-18(17)28(31)32/h4-9,14H,10-12H2,1-3H3. The quantitative estimate of drug-likeness (QED) is 0.429. The molecule has 1 amide bonds. The van der Waals surface area contributed by atoms with Crippen LogP contribution >= 0.6 is 11.6 Å². The first-order valence-electron chi connectivity index (χ1n) is 10.4. The number of nitro groups is 1. The fourth-order valence-electron chi connectivity index (χ4n) is 4.75. The van der Waals surface area contributed by atoms with Crippen molar-refractivity contribution in [3.8, 4) is 5.75 Å². The number of carbonyl (C=O) groups excluding carboxylic acids is 2. The summed E-state index contributed by atoms with van der Waals surface area (Å²) in [7, 11) is 1.39. The first kappa shape index (κ1) is 22.9. The zero-order valence-corrected chi connectivity index (χ0v) is 19.1. The van der Waals surface area contributed by atoms with Crippen LogP contribution in [0.2, 0.25) is 5.02 Å². The molecule has 0 radical (unpaired) electrons. The van der Waals surface area contributed by atoms with E-state index in [4.69, 9.17) is 16.3 Å². The number of hydrogen-bond donors (Lipinski definition) is 0. The maximum atomic E-state index is 14.8. The van der Waals surface area contributed by atoms with Gasteiger partial charge in [-0.15, -0.1) is 0 Å². The minimum Gasteiger partial charge on any atom is -0.496 e. The molecule has 4 rings (SSSR count). The summed E-state index contributed by atoms with van der Waals surface area (Å²) in [5.41, 5.74) is -0.0425. The third-order valence-corrected chi connectivity index (χ3v) is 6.44. The second-order valence-electron chi connectivity index (χ2n) is 9.03. The molecular formula is C24H22ClFN2O5. The van der Waals surface area contributed by atoms with Crippen LogP contribution in [0.25, 0.3) is 0 Å². The fourth-order valence-corrected chi connectivity index (χ4v) is 5.05. The predicted octanol–water partition coefficient (Wildman–Crippen LogP) is 5.56. The number of hydrogen-bond acceptors (Lipinski definition) is 5. The van der Waals surface area contributed by atoms with E-state index in [1.807, 2.05) is 13.8 Å². The van der Waals surface area contributed by atoms with Crippen molar-refractivity contribution in [3.63, 3.8) is 0 Å². The zero-order valence-electron chi connectivity index (χ0n) is 18.4. The summed E-state index contributed by atoms with van der Waals surface area (Å²) in [4.78, 5) is 39.3. The normalized spacial score (nSPS) is 20.0. The summed E-state index contributed by atoms with van der Waals surface area (Å²) in [6, 6.07) is 8.40. The number of anilines is 1. The lowest BCUT2D eigenvalue weighted by atomic mass is 9.69. The molecule has 2 aliphatic rings. The molecule has 2 aromatic carbocycles. The first-order valence-corrected chi connectivity index (χ1v) is 10.8. The third-order valence-electron chi connectivity index (χ3n) is 6.11. The molecule has 2 aromatic rings. The van der Waals surface area contributed by atoms with Gasteiger partial charge in [-0.2, -0.15) is 0 Å². The Labute approximate surface area is 194 Å². The molecule has 0 spiro atoms. The van der Waals surface area contributed by atoms with Crippen LogP contribution in [0.4, 0.5) is 15.8 Å². The van der Waals surface area contributed by atoms with Crippen LogP contribution < -0.4 is 9.64 Å². The van der Waals surface area contributed by atoms with Gasteiger partial charge in [-0.1, -0.05) is 31.5 Å². The Hall–Kier alpha value is -3.26. The number of allylic oxidation sites excluding steroid dienone is 2. The molecule has 0 aromatic heterocycles. The van der Waals surface area contributed by atoms with Gasteiger partial charge in [0.1, 0.15) is 17.3 Å². The second-order valence-corrected chi connectivity index (χ2v) is 9.44. The number of Topliss-reactive ketones (excluding diaryl/α,β-unsaturated/α-hetero) is 1. The Balaban J connectivity index is 1.98. The Kier molecular flexibility index (Phi) is 5.74. The van der Waals surface area contributed by atoms with Gasteiger partial charge in [-0.25, -0.2) is 4.39 Å². The molecule has 0 saturated carbocycles. The molecule has 1 aliphatic heterocycles. The van der Waals surface area contributed by atoms with Crippen molar-refractivity contribution in [1.82, 2.24) is 0 Å². The minimum absolute atomic E-state index is 0.0434.